The molecule has 4 aliphatic rings. The van der Waals surface area contributed by atoms with Crippen molar-refractivity contribution in [3.8, 4) is 0 Å². The lowest BCUT2D eigenvalue weighted by molar-refractivity contribution is 0.0201. The van der Waals surface area contributed by atoms with Crippen LogP contribution in [0.25, 0.3) is 11.0 Å². The third-order valence-corrected chi connectivity index (χ3v) is 7.48. The summed E-state index contributed by atoms with van der Waals surface area (Å²) in [6, 6.07) is -0.889. The van der Waals surface area contributed by atoms with Gasteiger partial charge in [-0.15, -0.1) is 0 Å². The first-order valence-corrected chi connectivity index (χ1v) is 11.2. The number of carbonyl (C=O) groups excluding carboxylic acids is 1. The number of nitrogens with zero attached hydrogens (tertiary/aromatic N) is 4. The number of hydrogen-bond acceptors (Lipinski definition) is 7. The van der Waals surface area contributed by atoms with Crippen molar-refractivity contribution < 1.29 is 23.8 Å². The maximum Gasteiger partial charge on any atom is 0.273 e. The zero-order valence-corrected chi connectivity index (χ0v) is 17.6. The topological polar surface area (TPSA) is 127 Å². The first kappa shape index (κ1) is 20.7. The van der Waals surface area contributed by atoms with Crippen molar-refractivity contribution in [2.24, 2.45) is 17.8 Å². The highest BCUT2D eigenvalue weighted by atomic mass is 19.1. The Morgan fingerprint density at radius 2 is 2.06 bits per heavy atom. The molecule has 174 valence electrons. The minimum absolute atomic E-state index is 0.0603. The van der Waals surface area contributed by atoms with Crippen LogP contribution in [0.1, 0.15) is 29.8 Å². The molecule has 2 aromatic rings. The number of rotatable bonds is 4. The summed E-state index contributed by atoms with van der Waals surface area (Å²) < 4.78 is 28.3. The number of likely N-dealkylation sites (tertiary alicyclic amines) is 1. The molecular formula is C22H24F2N6O3. The van der Waals surface area contributed by atoms with Gasteiger partial charge in [0, 0.05) is 18.4 Å². The van der Waals surface area contributed by atoms with E-state index in [9.17, 15) is 23.8 Å². The molecule has 6 rings (SSSR count). The summed E-state index contributed by atoms with van der Waals surface area (Å²) in [6.45, 7) is -0.0899. The number of H-pyrrole nitrogens is 1. The molecular weight excluding hydrogens is 434 g/mol. The van der Waals surface area contributed by atoms with Crippen molar-refractivity contribution in [1.82, 2.24) is 25.1 Å². The first-order valence-electron chi connectivity index (χ1n) is 11.2. The second kappa shape index (κ2) is 7.56. The molecule has 3 heterocycles. The predicted molar refractivity (Wildman–Crippen MR) is 113 cm³/mol. The molecule has 0 aromatic carbocycles. The van der Waals surface area contributed by atoms with Crippen LogP contribution >= 0.6 is 0 Å². The first-order chi connectivity index (χ1) is 15.9. The maximum absolute atomic E-state index is 14.4. The van der Waals surface area contributed by atoms with Crippen molar-refractivity contribution in [1.29, 1.82) is 0 Å². The van der Waals surface area contributed by atoms with Crippen molar-refractivity contribution >= 4 is 22.8 Å². The van der Waals surface area contributed by atoms with E-state index < -0.39 is 36.4 Å². The number of fused-ring (bicyclic) bond motifs is 2. The van der Waals surface area contributed by atoms with Gasteiger partial charge < -0.3 is 20.4 Å². The van der Waals surface area contributed by atoms with E-state index in [2.05, 4.69) is 25.5 Å². The largest absolute Gasteiger partial charge is 0.390 e. The highest BCUT2D eigenvalue weighted by Crippen LogP contribution is 2.53. The molecule has 8 atom stereocenters. The minimum atomic E-state index is -1.20. The Morgan fingerprint density at radius 3 is 2.82 bits per heavy atom. The molecule has 1 unspecified atom stereocenters. The number of allylic oxidation sites excluding steroid dienone is 3. The molecule has 2 saturated carbocycles. The van der Waals surface area contributed by atoms with Crippen LogP contribution in [-0.2, 0) is 0 Å². The number of carbonyl (C=O) groups is 1. The van der Waals surface area contributed by atoms with E-state index in [0.717, 1.165) is 6.42 Å². The number of aliphatic hydroxyl groups excluding tert-OH is 2. The van der Waals surface area contributed by atoms with Gasteiger partial charge in [-0.2, -0.15) is 5.10 Å². The number of amides is 1. The van der Waals surface area contributed by atoms with Gasteiger partial charge in [-0.25, -0.2) is 18.7 Å². The Balaban J connectivity index is 1.32. The monoisotopic (exact) mass is 458 g/mol. The second-order valence-electron chi connectivity index (χ2n) is 9.45. The summed E-state index contributed by atoms with van der Waals surface area (Å²) in [4.78, 5) is 23.4. The number of nitrogens with one attached hydrogen (secondary N) is 2. The van der Waals surface area contributed by atoms with Crippen LogP contribution in [0, 0.1) is 17.8 Å². The number of anilines is 1. The highest BCUT2D eigenvalue weighted by molar-refractivity contribution is 6.07. The third-order valence-electron chi connectivity index (χ3n) is 7.48. The third kappa shape index (κ3) is 3.33. The maximum atomic E-state index is 14.4. The SMILES string of the molecule is O=C(c1[nH]nc2ncnc(N[C@H]3[C@H](O)[C@H](O)[C@@H]4C[C@@H]43)c12)N1C[C@@H](F)C[C@@H]1C1C=C(F)C=CC1. The van der Waals surface area contributed by atoms with Gasteiger partial charge in [0.2, 0.25) is 0 Å². The van der Waals surface area contributed by atoms with Crippen molar-refractivity contribution in [3.05, 3.63) is 36.1 Å². The van der Waals surface area contributed by atoms with E-state index in [-0.39, 0.29) is 47.9 Å². The molecule has 1 aliphatic heterocycles. The summed E-state index contributed by atoms with van der Waals surface area (Å²) in [6.07, 6.45) is 4.36. The van der Waals surface area contributed by atoms with Gasteiger partial charge in [-0.1, -0.05) is 6.08 Å². The van der Waals surface area contributed by atoms with Crippen LogP contribution < -0.4 is 5.32 Å². The van der Waals surface area contributed by atoms with E-state index in [0.29, 0.717) is 17.6 Å². The quantitative estimate of drug-likeness (QED) is 0.547. The van der Waals surface area contributed by atoms with Crippen LogP contribution in [0.3, 0.4) is 0 Å². The van der Waals surface area contributed by atoms with Gasteiger partial charge in [-0.05, 0) is 36.8 Å². The van der Waals surface area contributed by atoms with Gasteiger partial charge in [0.05, 0.1) is 24.1 Å². The number of aliphatic hydroxyl groups is 2. The summed E-state index contributed by atoms with van der Waals surface area (Å²) in [5.74, 6) is -0.652. The van der Waals surface area contributed by atoms with Gasteiger partial charge in [-0.3, -0.25) is 9.89 Å². The average molecular weight is 458 g/mol. The van der Waals surface area contributed by atoms with E-state index in [1.807, 2.05) is 0 Å². The molecule has 1 saturated heterocycles. The normalized spacial score (nSPS) is 37.3. The Kier molecular flexibility index (Phi) is 4.73. The fourth-order valence-electron chi connectivity index (χ4n) is 5.76. The van der Waals surface area contributed by atoms with Gasteiger partial charge >= 0.3 is 0 Å². The lowest BCUT2D eigenvalue weighted by Crippen LogP contribution is -2.40. The number of aromatic amines is 1. The summed E-state index contributed by atoms with van der Waals surface area (Å²) in [7, 11) is 0. The lowest BCUT2D eigenvalue weighted by Gasteiger charge is -2.30. The fourth-order valence-corrected chi connectivity index (χ4v) is 5.76. The molecule has 9 nitrogen and oxygen atoms in total. The fraction of sp³-hybridized carbons (Fsp3) is 0.545. The van der Waals surface area contributed by atoms with Gasteiger partial charge in [0.25, 0.3) is 5.91 Å². The molecule has 1 amide bonds. The van der Waals surface area contributed by atoms with Crippen molar-refractivity contribution in [2.75, 3.05) is 11.9 Å². The van der Waals surface area contributed by atoms with Crippen LogP contribution in [0.2, 0.25) is 0 Å². The highest BCUT2D eigenvalue weighted by Gasteiger charge is 2.59. The summed E-state index contributed by atoms with van der Waals surface area (Å²) in [5, 5.41) is 30.9. The van der Waals surface area contributed by atoms with E-state index in [1.165, 1.54) is 23.4 Å². The van der Waals surface area contributed by atoms with E-state index in [4.69, 9.17) is 0 Å². The lowest BCUT2D eigenvalue weighted by atomic mass is 9.90. The van der Waals surface area contributed by atoms with Gasteiger partial charge in [0.15, 0.2) is 5.65 Å². The standard InChI is InChI=1S/C22H24F2N6O3/c23-10-3-1-2-9(4-10)14-5-11(24)7-30(14)22(33)17-15-20(25-8-26-21(15)29-28-17)27-16-12-6-13(12)18(31)19(16)32/h1,3-4,8-9,11-14,16,18-19,31-32H,2,5-7H2,(H2,25,26,27,28,29)/t9?,11-,12-,13+,14+,16+,18+,19-/m0/s1. The molecule has 4 N–H and O–H groups in total. The number of hydrogen-bond donors (Lipinski definition) is 4. The van der Waals surface area contributed by atoms with Crippen LogP contribution in [-0.4, -0.2) is 78.2 Å². The average Bonchev–Trinajstić information content (AvgIpc) is 3.20. The Labute approximate surface area is 187 Å². The molecule has 0 radical (unpaired) electrons. The number of halogens is 2. The second-order valence-corrected chi connectivity index (χ2v) is 9.45. The molecule has 2 aromatic heterocycles. The smallest absolute Gasteiger partial charge is 0.273 e. The zero-order valence-electron chi connectivity index (χ0n) is 17.6. The summed E-state index contributed by atoms with van der Waals surface area (Å²) >= 11 is 0. The van der Waals surface area contributed by atoms with Crippen molar-refractivity contribution in [2.45, 2.75) is 49.7 Å². The van der Waals surface area contributed by atoms with E-state index >= 15 is 0 Å². The van der Waals surface area contributed by atoms with Crippen LogP contribution in [0.4, 0.5) is 14.6 Å². The minimum Gasteiger partial charge on any atom is -0.390 e. The number of aromatic nitrogens is 4. The molecule has 0 spiro atoms. The Bertz CT molecular complexity index is 1170. The number of alkyl halides is 1. The molecule has 33 heavy (non-hydrogen) atoms. The molecule has 3 fully saturated rings. The summed E-state index contributed by atoms with van der Waals surface area (Å²) in [5.41, 5.74) is 0.374. The Hall–Kier alpha value is -2.92. The van der Waals surface area contributed by atoms with Crippen molar-refractivity contribution in [3.63, 3.8) is 0 Å². The van der Waals surface area contributed by atoms with Crippen LogP contribution in [0.5, 0.6) is 0 Å². The predicted octanol–water partition coefficient (Wildman–Crippen LogP) is 1.49. The van der Waals surface area contributed by atoms with E-state index in [1.54, 1.807) is 6.08 Å². The molecule has 11 heteroatoms. The Morgan fingerprint density at radius 1 is 1.21 bits per heavy atom. The van der Waals surface area contributed by atoms with Gasteiger partial charge in [0.1, 0.15) is 35.9 Å². The molecule has 0 bridgehead atoms. The zero-order chi connectivity index (χ0) is 22.9. The molecule has 3 aliphatic carbocycles. The van der Waals surface area contributed by atoms with Crippen LogP contribution in [0.15, 0.2) is 30.4 Å².